The molecule has 2 aromatic carbocycles. The number of hydrogen-bond donors (Lipinski definition) is 0. The molecule has 0 unspecified atom stereocenters. The molecule has 0 fully saturated rings. The van der Waals surface area contributed by atoms with Gasteiger partial charge in [0.25, 0.3) is 0 Å². The molecular formula is C26H30O6. The maximum Gasteiger partial charge on any atom is 0.330 e. The lowest BCUT2D eigenvalue weighted by molar-refractivity contribution is -0.143. The molecule has 0 atom stereocenters. The summed E-state index contributed by atoms with van der Waals surface area (Å²) in [5.74, 6) is 0.742. The van der Waals surface area contributed by atoms with Crippen LogP contribution >= 0.6 is 0 Å². The first-order chi connectivity index (χ1) is 15.5. The Kier molecular flexibility index (Phi) is 10.0. The molecule has 0 saturated heterocycles. The summed E-state index contributed by atoms with van der Waals surface area (Å²) in [6.45, 7) is 4.16. The maximum absolute atomic E-state index is 12.1. The Morgan fingerprint density at radius 2 is 1.25 bits per heavy atom. The van der Waals surface area contributed by atoms with Crippen molar-refractivity contribution in [1.29, 1.82) is 0 Å². The third-order valence-electron chi connectivity index (χ3n) is 4.72. The summed E-state index contributed by atoms with van der Waals surface area (Å²) in [5.41, 5.74) is 3.48. The van der Waals surface area contributed by atoms with Crippen molar-refractivity contribution in [2.45, 2.75) is 26.7 Å². The van der Waals surface area contributed by atoms with Gasteiger partial charge < -0.3 is 18.9 Å². The topological polar surface area (TPSA) is 71.1 Å². The smallest absolute Gasteiger partial charge is 0.330 e. The number of carbonyl (C=O) groups excluding carboxylic acids is 2. The molecule has 0 aliphatic carbocycles. The van der Waals surface area contributed by atoms with Crippen LogP contribution in [-0.4, -0.2) is 39.4 Å². The molecule has 0 N–H and O–H groups in total. The second-order valence-electron chi connectivity index (χ2n) is 6.74. The van der Waals surface area contributed by atoms with Gasteiger partial charge in [-0.3, -0.25) is 4.79 Å². The molecule has 0 aromatic heterocycles. The molecule has 0 radical (unpaired) electrons. The van der Waals surface area contributed by atoms with Crippen LogP contribution in [0.2, 0.25) is 0 Å². The fourth-order valence-corrected chi connectivity index (χ4v) is 3.17. The third kappa shape index (κ3) is 7.30. The molecular weight excluding hydrogens is 408 g/mol. The number of hydrogen-bond acceptors (Lipinski definition) is 6. The number of ether oxygens (including phenoxy) is 4. The SMILES string of the molecule is CCOC(=O)/C=C/C(=C(/CCC(=O)OCC)c1ccc(OC)cc1)c1ccc(OC)cc1. The van der Waals surface area contributed by atoms with E-state index < -0.39 is 5.97 Å². The van der Waals surface area contributed by atoms with Crippen LogP contribution in [0.3, 0.4) is 0 Å². The fraction of sp³-hybridized carbons (Fsp3) is 0.308. The van der Waals surface area contributed by atoms with E-state index in [1.807, 2.05) is 48.5 Å². The van der Waals surface area contributed by atoms with Crippen molar-refractivity contribution in [2.24, 2.45) is 0 Å². The molecule has 0 aliphatic heterocycles. The first kappa shape index (κ1) is 24.7. The summed E-state index contributed by atoms with van der Waals surface area (Å²) in [4.78, 5) is 24.1. The first-order valence-electron chi connectivity index (χ1n) is 10.5. The number of benzene rings is 2. The molecule has 2 aromatic rings. The average molecular weight is 439 g/mol. The van der Waals surface area contributed by atoms with Gasteiger partial charge in [-0.25, -0.2) is 4.79 Å². The second-order valence-corrected chi connectivity index (χ2v) is 6.74. The zero-order valence-electron chi connectivity index (χ0n) is 19.1. The lowest BCUT2D eigenvalue weighted by Gasteiger charge is -2.15. The molecule has 2 rings (SSSR count). The predicted molar refractivity (Wildman–Crippen MR) is 124 cm³/mol. The number of esters is 2. The third-order valence-corrected chi connectivity index (χ3v) is 4.72. The van der Waals surface area contributed by atoms with E-state index in [0.717, 1.165) is 33.8 Å². The number of allylic oxidation sites excluding steroid dienone is 3. The zero-order valence-corrected chi connectivity index (χ0v) is 19.1. The Hall–Kier alpha value is -3.54. The largest absolute Gasteiger partial charge is 0.497 e. The van der Waals surface area contributed by atoms with E-state index in [9.17, 15) is 9.59 Å². The summed E-state index contributed by atoms with van der Waals surface area (Å²) >= 11 is 0. The summed E-state index contributed by atoms with van der Waals surface area (Å²) < 4.78 is 20.7. The van der Waals surface area contributed by atoms with E-state index in [1.165, 1.54) is 6.08 Å². The van der Waals surface area contributed by atoms with E-state index >= 15 is 0 Å². The van der Waals surface area contributed by atoms with E-state index in [-0.39, 0.29) is 12.4 Å². The lowest BCUT2D eigenvalue weighted by atomic mass is 9.91. The van der Waals surface area contributed by atoms with Crippen LogP contribution in [0.25, 0.3) is 11.1 Å². The monoisotopic (exact) mass is 438 g/mol. The average Bonchev–Trinajstić information content (AvgIpc) is 2.82. The van der Waals surface area contributed by atoms with Crippen molar-refractivity contribution in [3.8, 4) is 11.5 Å². The van der Waals surface area contributed by atoms with Crippen LogP contribution in [0.15, 0.2) is 60.7 Å². The van der Waals surface area contributed by atoms with Gasteiger partial charge in [-0.1, -0.05) is 24.3 Å². The van der Waals surface area contributed by atoms with Crippen LogP contribution in [0, 0.1) is 0 Å². The lowest BCUT2D eigenvalue weighted by Crippen LogP contribution is -2.05. The Morgan fingerprint density at radius 3 is 1.75 bits per heavy atom. The Labute approximate surface area is 189 Å². The highest BCUT2D eigenvalue weighted by Gasteiger charge is 2.14. The van der Waals surface area contributed by atoms with Crippen molar-refractivity contribution < 1.29 is 28.5 Å². The Balaban J connectivity index is 2.60. The summed E-state index contributed by atoms with van der Waals surface area (Å²) in [7, 11) is 3.21. The maximum atomic E-state index is 12.1. The Bertz CT molecular complexity index is 939. The van der Waals surface area contributed by atoms with Crippen LogP contribution < -0.4 is 9.47 Å². The summed E-state index contributed by atoms with van der Waals surface area (Å²) in [6.07, 6.45) is 3.77. The van der Waals surface area contributed by atoms with Crippen molar-refractivity contribution in [3.63, 3.8) is 0 Å². The van der Waals surface area contributed by atoms with Gasteiger partial charge in [0.1, 0.15) is 11.5 Å². The van der Waals surface area contributed by atoms with Gasteiger partial charge in [0.05, 0.1) is 27.4 Å². The van der Waals surface area contributed by atoms with Gasteiger partial charge in [0, 0.05) is 12.5 Å². The molecule has 170 valence electrons. The zero-order chi connectivity index (χ0) is 23.3. The summed E-state index contributed by atoms with van der Waals surface area (Å²) in [6, 6.07) is 15.1. The molecule has 0 aliphatic rings. The molecule has 0 bridgehead atoms. The second kappa shape index (κ2) is 13.0. The molecule has 6 nitrogen and oxygen atoms in total. The van der Waals surface area contributed by atoms with Crippen LogP contribution in [0.5, 0.6) is 11.5 Å². The van der Waals surface area contributed by atoms with E-state index in [1.54, 1.807) is 34.1 Å². The van der Waals surface area contributed by atoms with Gasteiger partial charge in [-0.15, -0.1) is 0 Å². The van der Waals surface area contributed by atoms with E-state index in [2.05, 4.69) is 0 Å². The highest BCUT2D eigenvalue weighted by atomic mass is 16.5. The minimum atomic E-state index is -0.432. The molecule has 0 saturated carbocycles. The van der Waals surface area contributed by atoms with Gasteiger partial charge in [0.15, 0.2) is 0 Å². The normalized spacial score (nSPS) is 11.6. The van der Waals surface area contributed by atoms with Crippen molar-refractivity contribution >= 4 is 23.1 Å². The van der Waals surface area contributed by atoms with Crippen molar-refractivity contribution in [3.05, 3.63) is 71.8 Å². The van der Waals surface area contributed by atoms with E-state index in [0.29, 0.717) is 19.6 Å². The van der Waals surface area contributed by atoms with Gasteiger partial charge in [-0.05, 0) is 72.9 Å². The molecule has 6 heteroatoms. The molecule has 0 heterocycles. The number of methoxy groups -OCH3 is 2. The van der Waals surface area contributed by atoms with Gasteiger partial charge in [-0.2, -0.15) is 0 Å². The predicted octanol–water partition coefficient (Wildman–Crippen LogP) is 5.08. The molecule has 0 spiro atoms. The standard InChI is InChI=1S/C26H30O6/c1-5-31-25(27)17-15-23(19-7-11-21(29-3)12-8-19)24(16-18-26(28)32-6-2)20-9-13-22(30-4)14-10-20/h7-15,17H,5-6,16,18H2,1-4H3/b17-15+,24-23+. The molecule has 0 amide bonds. The van der Waals surface area contributed by atoms with Crippen molar-refractivity contribution in [2.75, 3.05) is 27.4 Å². The summed E-state index contributed by atoms with van der Waals surface area (Å²) in [5, 5.41) is 0. The minimum Gasteiger partial charge on any atom is -0.497 e. The van der Waals surface area contributed by atoms with Crippen LogP contribution in [0.1, 0.15) is 37.8 Å². The van der Waals surface area contributed by atoms with Crippen LogP contribution in [0.4, 0.5) is 0 Å². The van der Waals surface area contributed by atoms with Gasteiger partial charge in [0.2, 0.25) is 0 Å². The Morgan fingerprint density at radius 1 is 0.719 bits per heavy atom. The van der Waals surface area contributed by atoms with E-state index in [4.69, 9.17) is 18.9 Å². The van der Waals surface area contributed by atoms with Crippen LogP contribution in [-0.2, 0) is 19.1 Å². The number of rotatable bonds is 11. The quantitative estimate of drug-likeness (QED) is 0.211. The fourth-order valence-electron chi connectivity index (χ4n) is 3.17. The molecule has 32 heavy (non-hydrogen) atoms. The number of carbonyl (C=O) groups is 2. The minimum absolute atomic E-state index is 0.210. The van der Waals surface area contributed by atoms with Crippen molar-refractivity contribution in [1.82, 2.24) is 0 Å². The van der Waals surface area contributed by atoms with Gasteiger partial charge >= 0.3 is 11.9 Å². The highest BCUT2D eigenvalue weighted by molar-refractivity contribution is 5.99. The first-order valence-corrected chi connectivity index (χ1v) is 10.5. The highest BCUT2D eigenvalue weighted by Crippen LogP contribution is 2.33.